The molecule has 0 aliphatic heterocycles. The standard InChI is InChI=1S/C13H16ClN3O3/c1-16(2)5-6-17-11(10(19-3)8-15-17)12(18)9-4-7-20-13(9)14/h4,7-8H,5-6H2,1-3H3. The van der Waals surface area contributed by atoms with Crippen molar-refractivity contribution in [1.82, 2.24) is 14.7 Å². The largest absolute Gasteiger partial charge is 0.493 e. The van der Waals surface area contributed by atoms with Gasteiger partial charge in [0.15, 0.2) is 11.4 Å². The molecule has 108 valence electrons. The first-order valence-corrected chi connectivity index (χ1v) is 6.44. The quantitative estimate of drug-likeness (QED) is 0.763. The van der Waals surface area contributed by atoms with Crippen LogP contribution in [0.25, 0.3) is 0 Å². The van der Waals surface area contributed by atoms with Crippen molar-refractivity contribution in [2.75, 3.05) is 27.7 Å². The molecular weight excluding hydrogens is 282 g/mol. The number of halogens is 1. The van der Waals surface area contributed by atoms with E-state index in [-0.39, 0.29) is 11.0 Å². The first-order valence-electron chi connectivity index (χ1n) is 6.06. The Bertz CT molecular complexity index is 604. The van der Waals surface area contributed by atoms with Gasteiger partial charge >= 0.3 is 0 Å². The predicted molar refractivity (Wildman–Crippen MR) is 74.5 cm³/mol. The normalized spacial score (nSPS) is 11.1. The summed E-state index contributed by atoms with van der Waals surface area (Å²) in [6.45, 7) is 1.33. The van der Waals surface area contributed by atoms with Crippen molar-refractivity contribution < 1.29 is 13.9 Å². The predicted octanol–water partition coefficient (Wildman–Crippen LogP) is 1.93. The number of rotatable bonds is 6. The van der Waals surface area contributed by atoms with Crippen LogP contribution >= 0.6 is 11.6 Å². The van der Waals surface area contributed by atoms with Gasteiger partial charge in [0.1, 0.15) is 0 Å². The van der Waals surface area contributed by atoms with Gasteiger partial charge in [-0.1, -0.05) is 0 Å². The van der Waals surface area contributed by atoms with Crippen LogP contribution in [0.1, 0.15) is 16.1 Å². The molecule has 0 aromatic carbocycles. The van der Waals surface area contributed by atoms with E-state index in [9.17, 15) is 4.79 Å². The van der Waals surface area contributed by atoms with E-state index < -0.39 is 0 Å². The molecule has 0 radical (unpaired) electrons. The maximum Gasteiger partial charge on any atom is 0.219 e. The summed E-state index contributed by atoms with van der Waals surface area (Å²) >= 11 is 5.86. The number of likely N-dealkylation sites (N-methyl/N-ethyl adjacent to an activating group) is 1. The minimum Gasteiger partial charge on any atom is -0.493 e. The molecule has 0 aliphatic rings. The van der Waals surface area contributed by atoms with Crippen LogP contribution in [0.3, 0.4) is 0 Å². The summed E-state index contributed by atoms with van der Waals surface area (Å²) < 4.78 is 11.8. The minimum absolute atomic E-state index is 0.0670. The van der Waals surface area contributed by atoms with E-state index in [1.165, 1.54) is 25.6 Å². The van der Waals surface area contributed by atoms with E-state index in [0.29, 0.717) is 23.6 Å². The number of carbonyl (C=O) groups is 1. The van der Waals surface area contributed by atoms with Crippen molar-refractivity contribution in [1.29, 1.82) is 0 Å². The Kier molecular flexibility index (Phi) is 4.46. The molecule has 7 heteroatoms. The van der Waals surface area contributed by atoms with Crippen LogP contribution in [0.15, 0.2) is 22.9 Å². The summed E-state index contributed by atoms with van der Waals surface area (Å²) in [6.07, 6.45) is 2.90. The third-order valence-electron chi connectivity index (χ3n) is 2.86. The number of ketones is 1. The van der Waals surface area contributed by atoms with Crippen LogP contribution in [-0.4, -0.2) is 48.2 Å². The summed E-state index contributed by atoms with van der Waals surface area (Å²) in [6, 6.07) is 1.54. The van der Waals surface area contributed by atoms with E-state index in [2.05, 4.69) is 5.10 Å². The number of aromatic nitrogens is 2. The Balaban J connectivity index is 2.36. The van der Waals surface area contributed by atoms with Gasteiger partial charge in [0.05, 0.1) is 31.7 Å². The Morgan fingerprint density at radius 3 is 2.85 bits per heavy atom. The van der Waals surface area contributed by atoms with Gasteiger partial charge < -0.3 is 14.1 Å². The van der Waals surface area contributed by atoms with Gasteiger partial charge in [-0.05, 0) is 31.8 Å². The smallest absolute Gasteiger partial charge is 0.219 e. The van der Waals surface area contributed by atoms with Crippen molar-refractivity contribution in [2.24, 2.45) is 0 Å². The second-order valence-electron chi connectivity index (χ2n) is 4.53. The Morgan fingerprint density at radius 1 is 1.55 bits per heavy atom. The zero-order chi connectivity index (χ0) is 14.7. The number of nitrogens with zero attached hydrogens (tertiary/aromatic N) is 3. The van der Waals surface area contributed by atoms with Gasteiger partial charge in [0.25, 0.3) is 0 Å². The maximum atomic E-state index is 12.5. The fraction of sp³-hybridized carbons (Fsp3) is 0.385. The fourth-order valence-electron chi connectivity index (χ4n) is 1.79. The summed E-state index contributed by atoms with van der Waals surface area (Å²) in [7, 11) is 5.41. The third-order valence-corrected chi connectivity index (χ3v) is 3.16. The molecule has 20 heavy (non-hydrogen) atoms. The van der Waals surface area contributed by atoms with Gasteiger partial charge in [-0.2, -0.15) is 5.10 Å². The van der Waals surface area contributed by atoms with Crippen LogP contribution < -0.4 is 4.74 Å². The van der Waals surface area contributed by atoms with E-state index in [0.717, 1.165) is 6.54 Å². The number of hydrogen-bond acceptors (Lipinski definition) is 5. The molecule has 2 aromatic heterocycles. The Morgan fingerprint density at radius 2 is 2.30 bits per heavy atom. The van der Waals surface area contributed by atoms with Crippen LogP contribution in [0.5, 0.6) is 5.75 Å². The molecular formula is C13H16ClN3O3. The Labute approximate surface area is 121 Å². The van der Waals surface area contributed by atoms with Crippen molar-refractivity contribution in [3.05, 3.63) is 35.0 Å². The van der Waals surface area contributed by atoms with Gasteiger partial charge in [-0.3, -0.25) is 9.48 Å². The highest BCUT2D eigenvalue weighted by molar-refractivity contribution is 6.33. The lowest BCUT2D eigenvalue weighted by molar-refractivity contribution is 0.102. The van der Waals surface area contributed by atoms with Crippen molar-refractivity contribution in [2.45, 2.75) is 6.54 Å². The van der Waals surface area contributed by atoms with Crippen molar-refractivity contribution in [3.8, 4) is 5.75 Å². The highest BCUT2D eigenvalue weighted by Crippen LogP contribution is 2.25. The number of methoxy groups -OCH3 is 1. The first-order chi connectivity index (χ1) is 9.54. The van der Waals surface area contributed by atoms with E-state index >= 15 is 0 Å². The summed E-state index contributed by atoms with van der Waals surface area (Å²) in [4.78, 5) is 14.5. The monoisotopic (exact) mass is 297 g/mol. The molecule has 2 aromatic rings. The molecule has 0 saturated heterocycles. The molecule has 0 bridgehead atoms. The van der Waals surface area contributed by atoms with Gasteiger partial charge in [0, 0.05) is 6.54 Å². The number of ether oxygens (including phenoxy) is 1. The SMILES string of the molecule is COc1cnn(CCN(C)C)c1C(=O)c1ccoc1Cl. The molecule has 0 amide bonds. The number of carbonyl (C=O) groups excluding carboxylic acids is 1. The van der Waals surface area contributed by atoms with Crippen molar-refractivity contribution >= 4 is 17.4 Å². The second-order valence-corrected chi connectivity index (χ2v) is 4.87. The lowest BCUT2D eigenvalue weighted by Gasteiger charge is -2.11. The molecule has 0 atom stereocenters. The van der Waals surface area contributed by atoms with E-state index in [1.807, 2.05) is 19.0 Å². The van der Waals surface area contributed by atoms with E-state index in [1.54, 1.807) is 4.68 Å². The highest BCUT2D eigenvalue weighted by Gasteiger charge is 2.24. The van der Waals surface area contributed by atoms with Crippen LogP contribution in [0.4, 0.5) is 0 Å². The fourth-order valence-corrected chi connectivity index (χ4v) is 1.99. The zero-order valence-corrected chi connectivity index (χ0v) is 12.3. The van der Waals surface area contributed by atoms with Gasteiger partial charge in [0.2, 0.25) is 11.0 Å². The van der Waals surface area contributed by atoms with Crippen LogP contribution in [0.2, 0.25) is 5.22 Å². The summed E-state index contributed by atoms with van der Waals surface area (Å²) in [5.74, 6) is 0.155. The average Bonchev–Trinajstić information content (AvgIpc) is 3.01. The molecule has 0 spiro atoms. The van der Waals surface area contributed by atoms with Crippen LogP contribution in [0, 0.1) is 0 Å². The third kappa shape index (κ3) is 2.86. The van der Waals surface area contributed by atoms with Gasteiger partial charge in [-0.15, -0.1) is 0 Å². The molecule has 0 saturated carbocycles. The molecule has 6 nitrogen and oxygen atoms in total. The molecule has 0 N–H and O–H groups in total. The molecule has 0 unspecified atom stereocenters. The first kappa shape index (κ1) is 14.6. The highest BCUT2D eigenvalue weighted by atomic mass is 35.5. The van der Waals surface area contributed by atoms with Gasteiger partial charge in [-0.25, -0.2) is 0 Å². The molecule has 0 fully saturated rings. The summed E-state index contributed by atoms with van der Waals surface area (Å²) in [5.41, 5.74) is 0.675. The molecule has 2 heterocycles. The maximum absolute atomic E-state index is 12.5. The molecule has 2 rings (SSSR count). The van der Waals surface area contributed by atoms with Crippen molar-refractivity contribution in [3.63, 3.8) is 0 Å². The van der Waals surface area contributed by atoms with Crippen LogP contribution in [-0.2, 0) is 6.54 Å². The lowest BCUT2D eigenvalue weighted by Crippen LogP contribution is -2.21. The van der Waals surface area contributed by atoms with E-state index in [4.69, 9.17) is 20.8 Å². The lowest BCUT2D eigenvalue weighted by atomic mass is 10.1. The zero-order valence-electron chi connectivity index (χ0n) is 11.6. The summed E-state index contributed by atoms with van der Waals surface area (Å²) in [5, 5.41) is 4.26. The second kappa shape index (κ2) is 6.11. The number of furan rings is 1. The minimum atomic E-state index is -0.267. The average molecular weight is 298 g/mol. The number of hydrogen-bond donors (Lipinski definition) is 0. The topological polar surface area (TPSA) is 60.5 Å². The molecule has 0 aliphatic carbocycles. The Hall–Kier alpha value is -1.79.